The summed E-state index contributed by atoms with van der Waals surface area (Å²) in [7, 11) is 0. The van der Waals surface area contributed by atoms with Gasteiger partial charge < -0.3 is 10.6 Å². The van der Waals surface area contributed by atoms with Crippen molar-refractivity contribution >= 4 is 5.91 Å². The second kappa shape index (κ2) is 6.25. The highest BCUT2D eigenvalue weighted by molar-refractivity contribution is 5.82. The van der Waals surface area contributed by atoms with E-state index in [1.54, 1.807) is 0 Å². The van der Waals surface area contributed by atoms with Crippen LogP contribution in [0.25, 0.3) is 0 Å². The van der Waals surface area contributed by atoms with Crippen LogP contribution in [-0.2, 0) is 4.79 Å². The van der Waals surface area contributed by atoms with Crippen LogP contribution >= 0.6 is 0 Å². The Labute approximate surface area is 117 Å². The van der Waals surface area contributed by atoms with Gasteiger partial charge in [-0.05, 0) is 49.5 Å². The SMILES string of the molecule is CC1CCC(CNC(=O)C2NCCCC2(C)C)CC1. The zero-order chi connectivity index (χ0) is 13.9. The maximum atomic E-state index is 12.3. The lowest BCUT2D eigenvalue weighted by molar-refractivity contribution is -0.127. The van der Waals surface area contributed by atoms with E-state index in [0.717, 1.165) is 25.4 Å². The third-order valence-corrected chi connectivity index (χ3v) is 5.09. The number of amides is 1. The summed E-state index contributed by atoms with van der Waals surface area (Å²) < 4.78 is 0. The Balaban J connectivity index is 1.77. The van der Waals surface area contributed by atoms with Crippen LogP contribution in [0, 0.1) is 17.3 Å². The Kier molecular flexibility index (Phi) is 4.88. The molecule has 3 nitrogen and oxygen atoms in total. The first-order chi connectivity index (χ1) is 8.99. The first-order valence-electron chi connectivity index (χ1n) is 8.00. The molecule has 2 rings (SSSR count). The van der Waals surface area contributed by atoms with Gasteiger partial charge in [0.15, 0.2) is 0 Å². The molecule has 0 bridgehead atoms. The van der Waals surface area contributed by atoms with Crippen LogP contribution in [0.4, 0.5) is 0 Å². The lowest BCUT2D eigenvalue weighted by Crippen LogP contribution is -2.56. The van der Waals surface area contributed by atoms with Crippen molar-refractivity contribution in [2.75, 3.05) is 13.1 Å². The topological polar surface area (TPSA) is 41.1 Å². The van der Waals surface area contributed by atoms with Crippen LogP contribution in [0.2, 0.25) is 0 Å². The third kappa shape index (κ3) is 3.95. The first kappa shape index (κ1) is 14.8. The highest BCUT2D eigenvalue weighted by Gasteiger charge is 2.37. The van der Waals surface area contributed by atoms with E-state index < -0.39 is 0 Å². The van der Waals surface area contributed by atoms with Crippen molar-refractivity contribution in [2.24, 2.45) is 17.3 Å². The van der Waals surface area contributed by atoms with Gasteiger partial charge in [-0.25, -0.2) is 0 Å². The fraction of sp³-hybridized carbons (Fsp3) is 0.938. The van der Waals surface area contributed by atoms with Crippen molar-refractivity contribution in [3.8, 4) is 0 Å². The molecule has 2 N–H and O–H groups in total. The Morgan fingerprint density at radius 1 is 1.26 bits per heavy atom. The Bertz CT molecular complexity index is 306. The van der Waals surface area contributed by atoms with Gasteiger partial charge in [-0.1, -0.05) is 33.6 Å². The molecular formula is C16H30N2O. The minimum absolute atomic E-state index is 0.0104. The fourth-order valence-corrected chi connectivity index (χ4v) is 3.54. The lowest BCUT2D eigenvalue weighted by atomic mass is 9.77. The molecule has 2 fully saturated rings. The van der Waals surface area contributed by atoms with Crippen LogP contribution in [0.15, 0.2) is 0 Å². The molecule has 19 heavy (non-hydrogen) atoms. The van der Waals surface area contributed by atoms with E-state index in [0.29, 0.717) is 5.92 Å². The fourth-order valence-electron chi connectivity index (χ4n) is 3.54. The molecule has 1 atom stereocenters. The Morgan fingerprint density at radius 2 is 1.95 bits per heavy atom. The number of hydrogen-bond acceptors (Lipinski definition) is 2. The zero-order valence-corrected chi connectivity index (χ0v) is 12.8. The summed E-state index contributed by atoms with van der Waals surface area (Å²) in [6.45, 7) is 8.59. The summed E-state index contributed by atoms with van der Waals surface area (Å²) in [6.07, 6.45) is 7.53. The molecule has 0 aromatic rings. The maximum absolute atomic E-state index is 12.3. The predicted molar refractivity (Wildman–Crippen MR) is 78.9 cm³/mol. The van der Waals surface area contributed by atoms with Gasteiger partial charge in [0, 0.05) is 6.54 Å². The normalized spacial score (nSPS) is 34.8. The molecule has 1 heterocycles. The van der Waals surface area contributed by atoms with Gasteiger partial charge in [-0.3, -0.25) is 4.79 Å². The van der Waals surface area contributed by atoms with E-state index in [1.165, 1.54) is 32.1 Å². The summed E-state index contributed by atoms with van der Waals surface area (Å²) in [4.78, 5) is 12.3. The molecule has 1 amide bonds. The third-order valence-electron chi connectivity index (χ3n) is 5.09. The number of nitrogens with one attached hydrogen (secondary N) is 2. The second-order valence-electron chi connectivity index (χ2n) is 7.35. The summed E-state index contributed by atoms with van der Waals surface area (Å²) >= 11 is 0. The van der Waals surface area contributed by atoms with Gasteiger partial charge in [0.05, 0.1) is 6.04 Å². The van der Waals surface area contributed by atoms with Crippen molar-refractivity contribution in [1.82, 2.24) is 10.6 Å². The van der Waals surface area contributed by atoms with Gasteiger partial charge in [0.25, 0.3) is 0 Å². The number of carbonyl (C=O) groups is 1. The number of rotatable bonds is 3. The molecule has 3 heteroatoms. The van der Waals surface area contributed by atoms with E-state index in [-0.39, 0.29) is 17.4 Å². The smallest absolute Gasteiger partial charge is 0.237 e. The summed E-state index contributed by atoms with van der Waals surface area (Å²) in [5.41, 5.74) is 0.0867. The van der Waals surface area contributed by atoms with E-state index in [9.17, 15) is 4.79 Å². The van der Waals surface area contributed by atoms with Crippen molar-refractivity contribution in [1.29, 1.82) is 0 Å². The number of carbonyl (C=O) groups excluding carboxylic acids is 1. The molecule has 1 saturated carbocycles. The van der Waals surface area contributed by atoms with Gasteiger partial charge in [0.1, 0.15) is 0 Å². The molecular weight excluding hydrogens is 236 g/mol. The second-order valence-corrected chi connectivity index (χ2v) is 7.35. The van der Waals surface area contributed by atoms with E-state index in [4.69, 9.17) is 0 Å². The molecule has 1 saturated heterocycles. The minimum atomic E-state index is -0.0104. The summed E-state index contributed by atoms with van der Waals surface area (Å²) in [5.74, 6) is 1.79. The quantitative estimate of drug-likeness (QED) is 0.824. The van der Waals surface area contributed by atoms with Crippen molar-refractivity contribution in [2.45, 2.75) is 65.3 Å². The molecule has 2 aliphatic rings. The van der Waals surface area contributed by atoms with Crippen LogP contribution < -0.4 is 10.6 Å². The van der Waals surface area contributed by atoms with Gasteiger partial charge in [-0.15, -0.1) is 0 Å². The van der Waals surface area contributed by atoms with Crippen molar-refractivity contribution in [3.05, 3.63) is 0 Å². The maximum Gasteiger partial charge on any atom is 0.237 e. The zero-order valence-electron chi connectivity index (χ0n) is 12.8. The van der Waals surface area contributed by atoms with Gasteiger partial charge in [0.2, 0.25) is 5.91 Å². The van der Waals surface area contributed by atoms with Crippen LogP contribution in [0.3, 0.4) is 0 Å². The molecule has 1 aliphatic heterocycles. The molecule has 1 unspecified atom stereocenters. The summed E-state index contributed by atoms with van der Waals surface area (Å²) in [5, 5.41) is 6.58. The van der Waals surface area contributed by atoms with Gasteiger partial charge >= 0.3 is 0 Å². The van der Waals surface area contributed by atoms with Crippen molar-refractivity contribution < 1.29 is 4.79 Å². The average molecular weight is 266 g/mol. The standard InChI is InChI=1S/C16H30N2O/c1-12-5-7-13(8-6-12)11-18-15(19)14-16(2,3)9-4-10-17-14/h12-14,17H,4-11H2,1-3H3,(H,18,19). The molecule has 110 valence electrons. The molecule has 0 spiro atoms. The highest BCUT2D eigenvalue weighted by atomic mass is 16.2. The number of piperidine rings is 1. The summed E-state index contributed by atoms with van der Waals surface area (Å²) in [6, 6.07) is -0.0104. The predicted octanol–water partition coefficient (Wildman–Crippen LogP) is 2.71. The Morgan fingerprint density at radius 3 is 2.58 bits per heavy atom. The molecule has 0 radical (unpaired) electrons. The minimum Gasteiger partial charge on any atom is -0.354 e. The van der Waals surface area contributed by atoms with Crippen LogP contribution in [0.5, 0.6) is 0 Å². The lowest BCUT2D eigenvalue weighted by Gasteiger charge is -2.38. The van der Waals surface area contributed by atoms with E-state index >= 15 is 0 Å². The molecule has 0 aromatic heterocycles. The van der Waals surface area contributed by atoms with Crippen molar-refractivity contribution in [3.63, 3.8) is 0 Å². The van der Waals surface area contributed by atoms with E-state index in [1.807, 2.05) is 0 Å². The highest BCUT2D eigenvalue weighted by Crippen LogP contribution is 2.31. The average Bonchev–Trinajstić information content (AvgIpc) is 2.37. The first-order valence-corrected chi connectivity index (χ1v) is 8.00. The molecule has 0 aromatic carbocycles. The number of hydrogen-bond donors (Lipinski definition) is 2. The van der Waals surface area contributed by atoms with Crippen LogP contribution in [0.1, 0.15) is 59.3 Å². The van der Waals surface area contributed by atoms with Crippen LogP contribution in [-0.4, -0.2) is 25.0 Å². The largest absolute Gasteiger partial charge is 0.354 e. The Hall–Kier alpha value is -0.570. The monoisotopic (exact) mass is 266 g/mol. The van der Waals surface area contributed by atoms with Gasteiger partial charge in [-0.2, -0.15) is 0 Å². The van der Waals surface area contributed by atoms with E-state index in [2.05, 4.69) is 31.4 Å². The molecule has 1 aliphatic carbocycles.